The van der Waals surface area contributed by atoms with Gasteiger partial charge in [0, 0.05) is 25.5 Å². The monoisotopic (exact) mass is 249 g/mol. The van der Waals surface area contributed by atoms with E-state index in [0.717, 1.165) is 18.7 Å². The lowest BCUT2D eigenvalue weighted by atomic mass is 10.2. The van der Waals surface area contributed by atoms with Crippen LogP contribution in [0.4, 0.5) is 4.39 Å². The molecule has 0 aliphatic rings. The molecule has 18 heavy (non-hydrogen) atoms. The molecule has 96 valence electrons. The number of methoxy groups -OCH3 is 1. The highest BCUT2D eigenvalue weighted by Crippen LogP contribution is 2.17. The number of hydrogen-bond acceptors (Lipinski definition) is 3. The molecule has 0 bridgehead atoms. The molecule has 0 unspecified atom stereocenters. The van der Waals surface area contributed by atoms with Crippen LogP contribution in [0.5, 0.6) is 5.75 Å². The molecule has 0 fully saturated rings. The third-order valence-corrected chi connectivity index (χ3v) is 2.62. The van der Waals surface area contributed by atoms with E-state index in [0.29, 0.717) is 6.54 Å². The molecule has 0 spiro atoms. The van der Waals surface area contributed by atoms with Gasteiger partial charge in [-0.25, -0.2) is 4.39 Å². The van der Waals surface area contributed by atoms with Crippen molar-refractivity contribution in [2.45, 2.75) is 13.1 Å². The summed E-state index contributed by atoms with van der Waals surface area (Å²) in [7, 11) is 1.46. The second kappa shape index (κ2) is 6.16. The average Bonchev–Trinajstić information content (AvgIpc) is 2.88. The van der Waals surface area contributed by atoms with Gasteiger partial charge in [0.15, 0.2) is 11.6 Å². The number of nitrogens with one attached hydrogen (secondary N) is 1. The highest BCUT2D eigenvalue weighted by molar-refractivity contribution is 5.29. The second-order valence-electron chi connectivity index (χ2n) is 3.91. The third-order valence-electron chi connectivity index (χ3n) is 2.62. The van der Waals surface area contributed by atoms with Crippen LogP contribution in [0.1, 0.15) is 5.56 Å². The largest absolute Gasteiger partial charge is 0.494 e. The SMILES string of the molecule is COc1ccc(CNCCn2cccn2)cc1F. The summed E-state index contributed by atoms with van der Waals surface area (Å²) in [6, 6.07) is 6.86. The molecule has 2 aromatic rings. The fraction of sp³-hybridized carbons (Fsp3) is 0.308. The highest BCUT2D eigenvalue weighted by Gasteiger charge is 2.02. The quantitative estimate of drug-likeness (QED) is 0.794. The molecule has 0 saturated heterocycles. The number of nitrogens with zero attached hydrogens (tertiary/aromatic N) is 2. The smallest absolute Gasteiger partial charge is 0.165 e. The lowest BCUT2D eigenvalue weighted by Crippen LogP contribution is -2.19. The summed E-state index contributed by atoms with van der Waals surface area (Å²) >= 11 is 0. The van der Waals surface area contributed by atoms with Crippen molar-refractivity contribution in [3.8, 4) is 5.75 Å². The normalized spacial score (nSPS) is 10.6. The van der Waals surface area contributed by atoms with Gasteiger partial charge in [0.05, 0.1) is 13.7 Å². The van der Waals surface area contributed by atoms with Gasteiger partial charge in [-0.1, -0.05) is 6.07 Å². The van der Waals surface area contributed by atoms with E-state index >= 15 is 0 Å². The summed E-state index contributed by atoms with van der Waals surface area (Å²) in [5, 5.41) is 7.33. The first-order chi connectivity index (χ1) is 8.79. The van der Waals surface area contributed by atoms with Gasteiger partial charge in [-0.3, -0.25) is 4.68 Å². The molecule has 1 N–H and O–H groups in total. The Kier molecular flexibility index (Phi) is 4.30. The van der Waals surface area contributed by atoms with E-state index in [1.807, 2.05) is 23.0 Å². The molecule has 0 amide bonds. The van der Waals surface area contributed by atoms with Crippen molar-refractivity contribution in [1.29, 1.82) is 0 Å². The van der Waals surface area contributed by atoms with E-state index in [1.54, 1.807) is 12.3 Å². The van der Waals surface area contributed by atoms with E-state index in [9.17, 15) is 4.39 Å². The zero-order valence-electron chi connectivity index (χ0n) is 10.3. The summed E-state index contributed by atoms with van der Waals surface area (Å²) < 4.78 is 20.1. The molecule has 1 aromatic heterocycles. The predicted octanol–water partition coefficient (Wildman–Crippen LogP) is 1.82. The van der Waals surface area contributed by atoms with Gasteiger partial charge >= 0.3 is 0 Å². The van der Waals surface area contributed by atoms with Crippen molar-refractivity contribution in [1.82, 2.24) is 15.1 Å². The van der Waals surface area contributed by atoms with Gasteiger partial charge in [0.25, 0.3) is 0 Å². The van der Waals surface area contributed by atoms with Crippen molar-refractivity contribution in [2.24, 2.45) is 0 Å². The zero-order chi connectivity index (χ0) is 12.8. The third kappa shape index (κ3) is 3.30. The molecule has 1 aromatic carbocycles. The number of benzene rings is 1. The Morgan fingerprint density at radius 1 is 1.44 bits per heavy atom. The van der Waals surface area contributed by atoms with Crippen LogP contribution >= 0.6 is 0 Å². The van der Waals surface area contributed by atoms with Crippen LogP contribution in [0.25, 0.3) is 0 Å². The maximum absolute atomic E-state index is 13.4. The van der Waals surface area contributed by atoms with Gasteiger partial charge in [-0.15, -0.1) is 0 Å². The minimum Gasteiger partial charge on any atom is -0.494 e. The molecule has 0 saturated carbocycles. The van der Waals surface area contributed by atoms with Crippen molar-refractivity contribution in [3.63, 3.8) is 0 Å². The number of halogens is 1. The van der Waals surface area contributed by atoms with Crippen LogP contribution in [-0.2, 0) is 13.1 Å². The Bertz CT molecular complexity index is 485. The number of aromatic nitrogens is 2. The Morgan fingerprint density at radius 3 is 3.00 bits per heavy atom. The molecule has 0 atom stereocenters. The molecule has 0 aliphatic carbocycles. The Hall–Kier alpha value is -1.88. The maximum atomic E-state index is 13.4. The van der Waals surface area contributed by atoms with E-state index in [2.05, 4.69) is 10.4 Å². The fourth-order valence-electron chi connectivity index (χ4n) is 1.68. The number of ether oxygens (including phenoxy) is 1. The topological polar surface area (TPSA) is 39.1 Å². The summed E-state index contributed by atoms with van der Waals surface area (Å²) in [5.74, 6) is -0.0563. The van der Waals surface area contributed by atoms with Crippen LogP contribution in [0.15, 0.2) is 36.7 Å². The molecular formula is C13H16FN3O. The molecular weight excluding hydrogens is 233 g/mol. The number of hydrogen-bond donors (Lipinski definition) is 1. The van der Waals surface area contributed by atoms with Crippen molar-refractivity contribution >= 4 is 0 Å². The highest BCUT2D eigenvalue weighted by atomic mass is 19.1. The first-order valence-corrected chi connectivity index (χ1v) is 5.80. The lowest BCUT2D eigenvalue weighted by Gasteiger charge is -2.07. The Balaban J connectivity index is 1.78. The van der Waals surface area contributed by atoms with E-state index in [4.69, 9.17) is 4.74 Å². The van der Waals surface area contributed by atoms with Gasteiger partial charge in [-0.2, -0.15) is 5.10 Å². The summed E-state index contributed by atoms with van der Waals surface area (Å²) in [6.45, 7) is 2.21. The average molecular weight is 249 g/mol. The molecule has 4 nitrogen and oxygen atoms in total. The van der Waals surface area contributed by atoms with E-state index in [-0.39, 0.29) is 11.6 Å². The lowest BCUT2D eigenvalue weighted by molar-refractivity contribution is 0.386. The molecule has 0 aliphatic heterocycles. The zero-order valence-corrected chi connectivity index (χ0v) is 10.3. The summed E-state index contributed by atoms with van der Waals surface area (Å²) in [5.41, 5.74) is 0.897. The van der Waals surface area contributed by atoms with Crippen molar-refractivity contribution < 1.29 is 9.13 Å². The molecule has 1 heterocycles. The standard InChI is InChI=1S/C13H16FN3O/c1-18-13-4-3-11(9-12(13)14)10-15-6-8-17-7-2-5-16-17/h2-5,7,9,15H,6,8,10H2,1H3. The maximum Gasteiger partial charge on any atom is 0.165 e. The van der Waals surface area contributed by atoms with E-state index in [1.165, 1.54) is 13.2 Å². The van der Waals surface area contributed by atoms with Crippen molar-refractivity contribution in [3.05, 3.63) is 48.0 Å². The first-order valence-electron chi connectivity index (χ1n) is 5.80. The van der Waals surface area contributed by atoms with Crippen LogP contribution in [0.2, 0.25) is 0 Å². The van der Waals surface area contributed by atoms with Crippen LogP contribution in [0, 0.1) is 5.82 Å². The predicted molar refractivity (Wildman–Crippen MR) is 66.9 cm³/mol. The minimum atomic E-state index is -0.330. The van der Waals surface area contributed by atoms with Gasteiger partial charge in [0.2, 0.25) is 0 Å². The van der Waals surface area contributed by atoms with Crippen LogP contribution < -0.4 is 10.1 Å². The van der Waals surface area contributed by atoms with Gasteiger partial charge in [-0.05, 0) is 23.8 Å². The fourth-order valence-corrected chi connectivity index (χ4v) is 1.68. The Morgan fingerprint density at radius 2 is 2.33 bits per heavy atom. The molecule has 0 radical (unpaired) electrons. The minimum absolute atomic E-state index is 0.273. The van der Waals surface area contributed by atoms with Gasteiger partial charge in [0.1, 0.15) is 0 Å². The van der Waals surface area contributed by atoms with Crippen LogP contribution in [0.3, 0.4) is 0 Å². The second-order valence-corrected chi connectivity index (χ2v) is 3.91. The van der Waals surface area contributed by atoms with Crippen LogP contribution in [-0.4, -0.2) is 23.4 Å². The van der Waals surface area contributed by atoms with Crippen molar-refractivity contribution in [2.75, 3.05) is 13.7 Å². The number of rotatable bonds is 6. The molecule has 5 heteroatoms. The summed E-state index contributed by atoms with van der Waals surface area (Å²) in [6.07, 6.45) is 3.66. The first kappa shape index (κ1) is 12.6. The summed E-state index contributed by atoms with van der Waals surface area (Å²) in [4.78, 5) is 0. The van der Waals surface area contributed by atoms with Gasteiger partial charge < -0.3 is 10.1 Å². The molecule has 2 rings (SSSR count). The van der Waals surface area contributed by atoms with E-state index < -0.39 is 0 Å². The Labute approximate surface area is 105 Å².